The lowest BCUT2D eigenvalue weighted by atomic mass is 9.77. The molecule has 1 atom stereocenters. The van der Waals surface area contributed by atoms with E-state index in [-0.39, 0.29) is 17.7 Å². The summed E-state index contributed by atoms with van der Waals surface area (Å²) < 4.78 is 16.2. The van der Waals surface area contributed by atoms with Gasteiger partial charge < -0.3 is 29.3 Å². The first-order chi connectivity index (χ1) is 20.4. The Bertz CT molecular complexity index is 1150. The molecule has 3 rings (SSSR count). The maximum absolute atomic E-state index is 12.8. The Labute approximate surface area is 249 Å². The van der Waals surface area contributed by atoms with Crippen LogP contribution in [0.15, 0.2) is 77.4 Å². The summed E-state index contributed by atoms with van der Waals surface area (Å²) >= 11 is 0. The fraction of sp³-hybridized carbons (Fsp3) is 0.469. The van der Waals surface area contributed by atoms with Crippen molar-refractivity contribution in [3.8, 4) is 0 Å². The number of carbonyl (C=O) groups excluding carboxylic acids is 1. The van der Waals surface area contributed by atoms with E-state index in [2.05, 4.69) is 79.7 Å². The number of amides is 1. The predicted molar refractivity (Wildman–Crippen MR) is 168 cm³/mol. The number of rotatable bonds is 18. The Kier molecular flexibility index (Phi) is 13.9. The van der Waals surface area contributed by atoms with Gasteiger partial charge in [-0.3, -0.25) is 4.79 Å². The first-order valence-corrected chi connectivity index (χ1v) is 14.4. The summed E-state index contributed by atoms with van der Waals surface area (Å²) in [7, 11) is 8.19. The number of azide groups is 1. The van der Waals surface area contributed by atoms with Crippen LogP contribution >= 0.6 is 0 Å². The van der Waals surface area contributed by atoms with E-state index in [9.17, 15) is 4.79 Å². The number of anilines is 2. The highest BCUT2D eigenvalue weighted by atomic mass is 16.5. The number of hydrogen-bond donors (Lipinski definition) is 1. The van der Waals surface area contributed by atoms with Gasteiger partial charge in [-0.2, -0.15) is 0 Å². The van der Waals surface area contributed by atoms with E-state index in [1.807, 2.05) is 40.3 Å². The average Bonchev–Trinajstić information content (AvgIpc) is 3.00. The van der Waals surface area contributed by atoms with Gasteiger partial charge in [0.2, 0.25) is 0 Å². The minimum atomic E-state index is -0.0929. The van der Waals surface area contributed by atoms with Gasteiger partial charge in [0.1, 0.15) is 0 Å². The maximum atomic E-state index is 12.8. The van der Waals surface area contributed by atoms with Crippen molar-refractivity contribution in [1.82, 2.24) is 5.32 Å². The molecule has 0 heterocycles. The second-order valence-electron chi connectivity index (χ2n) is 10.4. The summed E-state index contributed by atoms with van der Waals surface area (Å²) in [6.45, 7) is 3.29. The van der Waals surface area contributed by atoms with Gasteiger partial charge in [-0.25, -0.2) is 0 Å². The van der Waals surface area contributed by atoms with Crippen LogP contribution in [-0.4, -0.2) is 86.8 Å². The van der Waals surface area contributed by atoms with Gasteiger partial charge in [-0.1, -0.05) is 47.6 Å². The van der Waals surface area contributed by atoms with Gasteiger partial charge >= 0.3 is 0 Å². The van der Waals surface area contributed by atoms with Gasteiger partial charge in [0.25, 0.3) is 5.91 Å². The third-order valence-electron chi connectivity index (χ3n) is 7.04. The lowest BCUT2D eigenvalue weighted by Gasteiger charge is -2.28. The standard InChI is InChI=1S/C32H44N6O4/c1-37(2)29-13-9-26(10-14-29)31(27-11-15-30(16-12-27)38(3)4)25-5-7-28(8-6-25)32(39)34-17-19-40-21-23-42-24-22-41-20-18-35-36-33/h5,7-16,25,31H,6,17-24H2,1-4H3,(H,34,39). The summed E-state index contributed by atoms with van der Waals surface area (Å²) in [5.41, 5.74) is 13.7. The molecule has 1 unspecified atom stereocenters. The molecule has 2 aromatic rings. The lowest BCUT2D eigenvalue weighted by Crippen LogP contribution is -2.29. The van der Waals surface area contributed by atoms with Crippen LogP contribution in [0, 0.1) is 5.92 Å². The van der Waals surface area contributed by atoms with Crippen molar-refractivity contribution in [3.63, 3.8) is 0 Å². The van der Waals surface area contributed by atoms with Crippen molar-refractivity contribution in [3.05, 3.63) is 93.9 Å². The van der Waals surface area contributed by atoms with Crippen LogP contribution in [0.1, 0.15) is 23.5 Å². The molecule has 42 heavy (non-hydrogen) atoms. The van der Waals surface area contributed by atoms with Gasteiger partial charge in [-0.05, 0) is 53.3 Å². The van der Waals surface area contributed by atoms with E-state index in [1.54, 1.807) is 0 Å². The number of hydrogen-bond acceptors (Lipinski definition) is 7. The van der Waals surface area contributed by atoms with Crippen LogP contribution in [-0.2, 0) is 19.0 Å². The van der Waals surface area contributed by atoms with E-state index >= 15 is 0 Å². The van der Waals surface area contributed by atoms with E-state index < -0.39 is 0 Å². The molecule has 0 saturated carbocycles. The van der Waals surface area contributed by atoms with Crippen LogP contribution in [0.2, 0.25) is 0 Å². The third-order valence-corrected chi connectivity index (χ3v) is 7.04. The third kappa shape index (κ3) is 10.5. The lowest BCUT2D eigenvalue weighted by molar-refractivity contribution is -0.117. The number of carbonyl (C=O) groups is 1. The molecule has 10 nitrogen and oxygen atoms in total. The molecule has 1 N–H and O–H groups in total. The maximum Gasteiger partial charge on any atom is 0.251 e. The first kappa shape index (κ1) is 32.7. The summed E-state index contributed by atoms with van der Waals surface area (Å²) in [5.74, 6) is 0.316. The fourth-order valence-electron chi connectivity index (χ4n) is 4.73. The van der Waals surface area contributed by atoms with Crippen molar-refractivity contribution in [2.24, 2.45) is 11.0 Å². The normalized spacial score (nSPS) is 14.3. The van der Waals surface area contributed by atoms with Crippen LogP contribution in [0.4, 0.5) is 11.4 Å². The molecule has 10 heteroatoms. The number of allylic oxidation sites excluding steroid dienone is 2. The molecule has 0 spiro atoms. The van der Waals surface area contributed by atoms with Crippen molar-refractivity contribution in [2.75, 3.05) is 90.7 Å². The first-order valence-electron chi connectivity index (χ1n) is 14.4. The molecular formula is C32H44N6O4. The average molecular weight is 577 g/mol. The van der Waals surface area contributed by atoms with Gasteiger partial charge in [-0.15, -0.1) is 0 Å². The molecule has 0 radical (unpaired) electrons. The molecule has 1 amide bonds. The largest absolute Gasteiger partial charge is 0.379 e. The summed E-state index contributed by atoms with van der Waals surface area (Å²) in [4.78, 5) is 19.6. The molecule has 0 aliphatic heterocycles. The summed E-state index contributed by atoms with van der Waals surface area (Å²) in [5, 5.41) is 6.33. The predicted octanol–water partition coefficient (Wildman–Crippen LogP) is 4.93. The highest BCUT2D eigenvalue weighted by Crippen LogP contribution is 2.38. The number of nitrogens with one attached hydrogen (secondary N) is 1. The Morgan fingerprint density at radius 1 is 0.881 bits per heavy atom. The smallest absolute Gasteiger partial charge is 0.251 e. The Balaban J connectivity index is 1.46. The Hall–Kier alpha value is -3.82. The van der Waals surface area contributed by atoms with E-state index in [0.29, 0.717) is 58.3 Å². The highest BCUT2D eigenvalue weighted by molar-refractivity contribution is 5.96. The fourth-order valence-corrected chi connectivity index (χ4v) is 4.73. The van der Waals surface area contributed by atoms with E-state index in [0.717, 1.165) is 6.42 Å². The van der Waals surface area contributed by atoms with Crippen LogP contribution in [0.3, 0.4) is 0 Å². The summed E-state index contributed by atoms with van der Waals surface area (Å²) in [6.07, 6.45) is 6.94. The number of nitrogens with zero attached hydrogens (tertiary/aromatic N) is 5. The molecule has 1 aliphatic carbocycles. The molecule has 226 valence electrons. The van der Waals surface area contributed by atoms with E-state index in [1.165, 1.54) is 22.5 Å². The zero-order chi connectivity index (χ0) is 30.2. The zero-order valence-electron chi connectivity index (χ0n) is 25.2. The summed E-state index contributed by atoms with van der Waals surface area (Å²) in [6, 6.07) is 17.5. The van der Waals surface area contributed by atoms with Gasteiger partial charge in [0.15, 0.2) is 0 Å². The van der Waals surface area contributed by atoms with Crippen molar-refractivity contribution in [2.45, 2.75) is 12.3 Å². The van der Waals surface area contributed by atoms with Crippen LogP contribution in [0.25, 0.3) is 10.4 Å². The molecule has 0 fully saturated rings. The number of ether oxygens (including phenoxy) is 3. The number of benzene rings is 2. The molecule has 0 aromatic heterocycles. The second-order valence-corrected chi connectivity index (χ2v) is 10.4. The molecular weight excluding hydrogens is 532 g/mol. The molecule has 0 bridgehead atoms. The molecule has 0 saturated heterocycles. The second kappa shape index (κ2) is 17.9. The molecule has 1 aliphatic rings. The Morgan fingerprint density at radius 2 is 1.40 bits per heavy atom. The quantitative estimate of drug-likeness (QED) is 0.117. The van der Waals surface area contributed by atoms with Crippen LogP contribution in [0.5, 0.6) is 0 Å². The van der Waals surface area contributed by atoms with Crippen molar-refractivity contribution < 1.29 is 19.0 Å². The van der Waals surface area contributed by atoms with Gasteiger partial charge in [0, 0.05) is 69.1 Å². The highest BCUT2D eigenvalue weighted by Gasteiger charge is 2.25. The van der Waals surface area contributed by atoms with Crippen LogP contribution < -0.4 is 15.1 Å². The topological polar surface area (TPSA) is 112 Å². The minimum absolute atomic E-state index is 0.0929. The van der Waals surface area contributed by atoms with Crippen molar-refractivity contribution in [1.29, 1.82) is 0 Å². The molecule has 2 aromatic carbocycles. The van der Waals surface area contributed by atoms with Gasteiger partial charge in [0.05, 0.1) is 39.6 Å². The van der Waals surface area contributed by atoms with Crippen molar-refractivity contribution >= 4 is 17.3 Å². The van der Waals surface area contributed by atoms with E-state index in [4.69, 9.17) is 19.7 Å². The Morgan fingerprint density at radius 3 is 1.88 bits per heavy atom. The SMILES string of the molecule is CN(C)c1ccc(C(c2ccc(N(C)C)cc2)C2C=CC(C(=O)NCCOCCOCCOCCN=[N+]=[N-])=CC2)cc1. The monoisotopic (exact) mass is 576 g/mol. The zero-order valence-corrected chi connectivity index (χ0v) is 25.2. The minimum Gasteiger partial charge on any atom is -0.379 e.